The van der Waals surface area contributed by atoms with E-state index in [1.165, 1.54) is 11.8 Å². The van der Waals surface area contributed by atoms with Gasteiger partial charge in [0.2, 0.25) is 5.91 Å². The largest absolute Gasteiger partial charge is 0.496 e. The lowest BCUT2D eigenvalue weighted by atomic mass is 9.98. The Hall–Kier alpha value is -3.62. The van der Waals surface area contributed by atoms with Crippen molar-refractivity contribution in [2.45, 2.75) is 24.1 Å². The highest BCUT2D eigenvalue weighted by molar-refractivity contribution is 8.15. The maximum Gasteiger partial charge on any atom is 0.262 e. The van der Waals surface area contributed by atoms with E-state index >= 15 is 0 Å². The van der Waals surface area contributed by atoms with Crippen molar-refractivity contribution in [3.05, 3.63) is 95.0 Å². The molecule has 3 aromatic rings. The summed E-state index contributed by atoms with van der Waals surface area (Å²) < 4.78 is 5.62. The average Bonchev–Trinajstić information content (AvgIpc) is 3.50. The van der Waals surface area contributed by atoms with E-state index in [1.54, 1.807) is 36.4 Å². The third-order valence-corrected chi connectivity index (χ3v) is 7.43. The second kappa shape index (κ2) is 10.6. The summed E-state index contributed by atoms with van der Waals surface area (Å²) >= 11 is 7.40. The molecule has 0 radical (unpaired) electrons. The molecule has 2 heterocycles. The van der Waals surface area contributed by atoms with E-state index in [9.17, 15) is 9.59 Å². The molecule has 182 valence electrons. The average molecular weight is 519 g/mol. The van der Waals surface area contributed by atoms with Crippen LogP contribution in [0.3, 0.4) is 0 Å². The number of aliphatic imine (C=N–C) groups is 1. The molecule has 36 heavy (non-hydrogen) atoms. The Morgan fingerprint density at radius 2 is 1.81 bits per heavy atom. The fraction of sp³-hybridized carbons (Fsp3) is 0.185. The number of para-hydroxylation sites is 2. The third kappa shape index (κ3) is 5.01. The van der Waals surface area contributed by atoms with Gasteiger partial charge < -0.3 is 10.1 Å². The fourth-order valence-corrected chi connectivity index (χ4v) is 5.46. The van der Waals surface area contributed by atoms with Gasteiger partial charge in [0.15, 0.2) is 5.17 Å². The summed E-state index contributed by atoms with van der Waals surface area (Å²) in [7, 11) is 1.64. The van der Waals surface area contributed by atoms with Crippen molar-refractivity contribution in [1.82, 2.24) is 5.01 Å². The number of carbonyl (C=O) groups excluding carboxylic acids is 2. The van der Waals surface area contributed by atoms with Crippen LogP contribution in [0.1, 0.15) is 30.0 Å². The number of thioether (sulfide) groups is 1. The molecule has 0 saturated carbocycles. The first kappa shape index (κ1) is 24.1. The van der Waals surface area contributed by atoms with Crippen LogP contribution in [-0.2, 0) is 9.59 Å². The number of hydrogen-bond acceptors (Lipinski definition) is 6. The van der Waals surface area contributed by atoms with Gasteiger partial charge in [-0.2, -0.15) is 10.1 Å². The minimum absolute atomic E-state index is 0.0237. The molecule has 2 amide bonds. The molecule has 0 saturated heterocycles. The molecule has 5 rings (SSSR count). The van der Waals surface area contributed by atoms with Crippen molar-refractivity contribution in [2.24, 2.45) is 10.1 Å². The first-order chi connectivity index (χ1) is 17.5. The van der Waals surface area contributed by atoms with Gasteiger partial charge in [-0.05, 0) is 23.8 Å². The normalized spacial score (nSPS) is 19.2. The van der Waals surface area contributed by atoms with Crippen LogP contribution in [-0.4, -0.2) is 40.1 Å². The van der Waals surface area contributed by atoms with Crippen LogP contribution in [0, 0.1) is 0 Å². The molecule has 2 aliphatic rings. The fourth-order valence-electron chi connectivity index (χ4n) is 4.21. The van der Waals surface area contributed by atoms with Crippen LogP contribution in [0.15, 0.2) is 89.0 Å². The molecule has 0 unspecified atom stereocenters. The Kier molecular flexibility index (Phi) is 7.06. The number of carbonyl (C=O) groups is 2. The van der Waals surface area contributed by atoms with E-state index in [0.29, 0.717) is 22.3 Å². The van der Waals surface area contributed by atoms with Crippen LogP contribution < -0.4 is 10.1 Å². The van der Waals surface area contributed by atoms with Gasteiger partial charge in [-0.15, -0.1) is 0 Å². The predicted molar refractivity (Wildman–Crippen MR) is 144 cm³/mol. The van der Waals surface area contributed by atoms with E-state index in [2.05, 4.69) is 10.3 Å². The second-order valence-corrected chi connectivity index (χ2v) is 9.87. The summed E-state index contributed by atoms with van der Waals surface area (Å²) in [6, 6.07) is 24.5. The smallest absolute Gasteiger partial charge is 0.262 e. The van der Waals surface area contributed by atoms with Crippen molar-refractivity contribution in [3.8, 4) is 5.75 Å². The highest BCUT2D eigenvalue weighted by Crippen LogP contribution is 2.41. The molecule has 0 bridgehead atoms. The molecule has 2 atom stereocenters. The van der Waals surface area contributed by atoms with Crippen LogP contribution >= 0.6 is 23.4 Å². The molecular formula is C27H23ClN4O3S. The highest BCUT2D eigenvalue weighted by atomic mass is 35.5. The van der Waals surface area contributed by atoms with Crippen LogP contribution in [0.25, 0.3) is 0 Å². The molecule has 0 aliphatic carbocycles. The number of nitrogens with one attached hydrogen (secondary N) is 1. The lowest BCUT2D eigenvalue weighted by Gasteiger charge is -2.24. The number of ether oxygens (including phenoxy) is 1. The van der Waals surface area contributed by atoms with Crippen molar-refractivity contribution < 1.29 is 14.3 Å². The minimum atomic E-state index is -0.642. The molecule has 0 fully saturated rings. The number of benzene rings is 3. The quantitative estimate of drug-likeness (QED) is 0.464. The summed E-state index contributed by atoms with van der Waals surface area (Å²) in [5.41, 5.74) is 3.35. The number of methoxy groups -OCH3 is 1. The van der Waals surface area contributed by atoms with Gasteiger partial charge >= 0.3 is 0 Å². The summed E-state index contributed by atoms with van der Waals surface area (Å²) in [4.78, 5) is 29.8. The number of hydrazone groups is 1. The van der Waals surface area contributed by atoms with Crippen molar-refractivity contribution in [1.29, 1.82) is 0 Å². The van der Waals surface area contributed by atoms with E-state index in [-0.39, 0.29) is 24.3 Å². The monoisotopic (exact) mass is 518 g/mol. The van der Waals surface area contributed by atoms with Crippen LogP contribution in [0.2, 0.25) is 5.02 Å². The Labute approximate surface area is 218 Å². The Bertz CT molecular complexity index is 1360. The Morgan fingerprint density at radius 3 is 2.58 bits per heavy atom. The van der Waals surface area contributed by atoms with Gasteiger partial charge in [-0.25, -0.2) is 5.01 Å². The van der Waals surface area contributed by atoms with E-state index in [4.69, 9.17) is 21.4 Å². The molecule has 7 nitrogen and oxygen atoms in total. The molecule has 2 aliphatic heterocycles. The second-order valence-electron chi connectivity index (χ2n) is 8.29. The van der Waals surface area contributed by atoms with E-state index in [0.717, 1.165) is 22.6 Å². The van der Waals surface area contributed by atoms with E-state index < -0.39 is 5.25 Å². The standard InChI is InChI=1S/C27H23ClN4O3S/c1-35-23-14-8-5-11-18(23)22-15-21(17-9-3-2-4-10-17)31-32(22)27-30-26(34)24(36-27)16-25(33)29-20-13-7-6-12-19(20)28/h2-14,22,24H,15-16H2,1H3,(H,29,33)/t22-,24+/m0/s1. The van der Waals surface area contributed by atoms with Crippen LogP contribution in [0.4, 0.5) is 5.69 Å². The first-order valence-corrected chi connectivity index (χ1v) is 12.7. The predicted octanol–water partition coefficient (Wildman–Crippen LogP) is 5.53. The maximum atomic E-state index is 12.8. The maximum absolute atomic E-state index is 12.8. The van der Waals surface area contributed by atoms with Crippen molar-refractivity contribution in [3.63, 3.8) is 0 Å². The topological polar surface area (TPSA) is 83.4 Å². The van der Waals surface area contributed by atoms with Gasteiger partial charge in [-0.3, -0.25) is 9.59 Å². The zero-order valence-corrected chi connectivity index (χ0v) is 21.0. The van der Waals surface area contributed by atoms with Gasteiger partial charge in [0.05, 0.1) is 29.6 Å². The van der Waals surface area contributed by atoms with Crippen molar-refractivity contribution >= 4 is 51.7 Å². The zero-order valence-electron chi connectivity index (χ0n) is 19.4. The third-order valence-electron chi connectivity index (χ3n) is 5.96. The number of nitrogens with zero attached hydrogens (tertiary/aromatic N) is 3. The van der Waals surface area contributed by atoms with Gasteiger partial charge in [-0.1, -0.05) is 84.0 Å². The number of hydrogen-bond donors (Lipinski definition) is 1. The molecule has 3 aromatic carbocycles. The molecule has 0 spiro atoms. The van der Waals surface area contributed by atoms with Crippen LogP contribution in [0.5, 0.6) is 5.75 Å². The molecule has 1 N–H and O–H groups in total. The van der Waals surface area contributed by atoms with Gasteiger partial charge in [0, 0.05) is 18.4 Å². The lowest BCUT2D eigenvalue weighted by Crippen LogP contribution is -2.25. The van der Waals surface area contributed by atoms with Gasteiger partial charge in [0.1, 0.15) is 11.0 Å². The highest BCUT2D eigenvalue weighted by Gasteiger charge is 2.40. The number of halogens is 1. The zero-order chi connectivity index (χ0) is 25.1. The molecular weight excluding hydrogens is 496 g/mol. The molecule has 0 aromatic heterocycles. The summed E-state index contributed by atoms with van der Waals surface area (Å²) in [5.74, 6) is 0.0793. The summed E-state index contributed by atoms with van der Waals surface area (Å²) in [6.45, 7) is 0. The lowest BCUT2D eigenvalue weighted by molar-refractivity contribution is -0.121. The van der Waals surface area contributed by atoms with Crippen molar-refractivity contribution in [2.75, 3.05) is 12.4 Å². The minimum Gasteiger partial charge on any atom is -0.496 e. The first-order valence-electron chi connectivity index (χ1n) is 11.4. The molecule has 9 heteroatoms. The number of amidine groups is 1. The number of amides is 2. The number of rotatable bonds is 6. The summed E-state index contributed by atoms with van der Waals surface area (Å²) in [6.07, 6.45) is 0.597. The number of anilines is 1. The Balaban J connectivity index is 1.38. The van der Waals surface area contributed by atoms with E-state index in [1.807, 2.05) is 54.6 Å². The Morgan fingerprint density at radius 1 is 1.08 bits per heavy atom. The van der Waals surface area contributed by atoms with Gasteiger partial charge in [0.25, 0.3) is 5.91 Å². The summed E-state index contributed by atoms with van der Waals surface area (Å²) in [5, 5.41) is 9.70. The SMILES string of the molecule is COc1ccccc1[C@@H]1CC(c2ccccc2)=NN1C1=NC(=O)[C@@H](CC(=O)Nc2ccccc2Cl)S1.